The van der Waals surface area contributed by atoms with Crippen LogP contribution in [0.4, 0.5) is 0 Å². The number of fused-ring (bicyclic) bond motifs is 10. The Kier molecular flexibility index (Phi) is 1.74. The van der Waals surface area contributed by atoms with Gasteiger partial charge >= 0.3 is 237 Å². The van der Waals surface area contributed by atoms with E-state index in [9.17, 15) is 0 Å². The normalized spacial score (nSPS) is 58.2. The Bertz CT molecular complexity index is 2150. The molecule has 10 fully saturated rings. The van der Waals surface area contributed by atoms with Crippen molar-refractivity contribution < 1.29 is 6.51 Å². The second kappa shape index (κ2) is 3.39. The van der Waals surface area contributed by atoms with E-state index in [0.29, 0.717) is 0 Å². The topological polar surface area (TPSA) is 0 Å². The third-order valence-electron chi connectivity index (χ3n) is 20.8. The van der Waals surface area contributed by atoms with Crippen LogP contribution in [0.5, 0.6) is 0 Å². The molecule has 8 unspecified atom stereocenters. The molecule has 8 atom stereocenters. The molecular formula is C38H36FeP2. The molecule has 0 aromatic heterocycles. The van der Waals surface area contributed by atoms with Crippen LogP contribution in [0.15, 0.2) is 97.1 Å². The standard InChI is InChI=1S/2C19H18P.Fe/c2*1-15-9-3-7-13-18(15)20(17-11-5-6-12-17)19-14-8-4-10-16(19)2;/h2*3-14H,1-2H3;. The van der Waals surface area contributed by atoms with E-state index in [2.05, 4.69) is 125 Å². The molecule has 0 radical (unpaired) electrons. The summed E-state index contributed by atoms with van der Waals surface area (Å²) in [6, 6.07) is 38.8. The number of aryl methyl sites for hydroxylation is 4. The van der Waals surface area contributed by atoms with Crippen LogP contribution in [0.1, 0.15) is 22.3 Å². The molecule has 4 aromatic carbocycles. The van der Waals surface area contributed by atoms with Gasteiger partial charge < -0.3 is 0 Å². The van der Waals surface area contributed by atoms with Crippen molar-refractivity contribution >= 4 is 37.1 Å². The predicted octanol–water partition coefficient (Wildman–Crippen LogP) is 8.69. The van der Waals surface area contributed by atoms with Crippen LogP contribution in [-0.4, -0.2) is 8.11 Å². The van der Waals surface area contributed by atoms with Gasteiger partial charge in [0.2, 0.25) is 0 Å². The molecule has 206 valence electrons. The average Bonchev–Trinajstić information content (AvgIpc) is 3.93. The molecule has 10 aliphatic rings. The zero-order chi connectivity index (χ0) is 27.0. The minimum atomic E-state index is -3.95. The van der Waals surface area contributed by atoms with Crippen LogP contribution in [0, 0.1) is 27.7 Å². The molecule has 41 heavy (non-hydrogen) atoms. The average molecular weight is 610 g/mol. The molecule has 0 bridgehead atoms. The van der Waals surface area contributed by atoms with Crippen LogP contribution in [-0.2, 0) is 6.51 Å². The monoisotopic (exact) mass is 610 g/mol. The quantitative estimate of drug-likeness (QED) is 0.151. The van der Waals surface area contributed by atoms with E-state index in [1.165, 1.54) is 38.5 Å². The van der Waals surface area contributed by atoms with Crippen LogP contribution < -0.4 is 21.2 Å². The van der Waals surface area contributed by atoms with Crippen molar-refractivity contribution in [2.75, 3.05) is 0 Å². The first-order valence-electron chi connectivity index (χ1n) is 15.8. The van der Waals surface area contributed by atoms with E-state index < -0.39 is 6.51 Å². The van der Waals surface area contributed by atoms with Crippen molar-refractivity contribution in [3.05, 3.63) is 119 Å². The summed E-state index contributed by atoms with van der Waals surface area (Å²) in [4.78, 5) is 9.98. The van der Waals surface area contributed by atoms with Gasteiger partial charge in [-0.1, -0.05) is 0 Å². The molecule has 4 aromatic rings. The fraction of sp³-hybridized carbons (Fsp3) is 0.368. The predicted molar refractivity (Wildman–Crippen MR) is 173 cm³/mol. The molecule has 0 saturated carbocycles. The Balaban J connectivity index is 1.12. The SMILES string of the molecule is Cc1ccccc1P(c1ccccc1C)[C]12[CH]3[CH]4[CH]5[CH]1[Fe]45321678[CH]2[CH]1[CH]6[C]7(P(c1ccccc1C)c1ccccc1C)[CH]28. The summed E-state index contributed by atoms with van der Waals surface area (Å²) >= 11 is 0. The van der Waals surface area contributed by atoms with Gasteiger partial charge in [-0.05, 0) is 0 Å². The molecule has 10 aliphatic heterocycles. The number of hydrogen-bond acceptors (Lipinski definition) is 0. The first-order chi connectivity index (χ1) is 19.8. The third kappa shape index (κ3) is 0.573. The summed E-state index contributed by atoms with van der Waals surface area (Å²) in [6.45, 7) is 5.81. The van der Waals surface area contributed by atoms with E-state index in [0.717, 1.165) is 8.11 Å². The number of hydrogen-bond donors (Lipinski definition) is 0. The van der Waals surface area contributed by atoms with E-state index in [-0.39, 0.29) is 15.8 Å². The second-order valence-electron chi connectivity index (χ2n) is 17.5. The molecule has 1 spiro atoms. The second-order valence-corrected chi connectivity index (χ2v) is 46.3. The maximum absolute atomic E-state index is 3.95. The Morgan fingerprint density at radius 3 is 0.878 bits per heavy atom. The zero-order valence-corrected chi connectivity index (χ0v) is 27.0. The third-order valence-corrected chi connectivity index (χ3v) is 78.1. The Morgan fingerprint density at radius 1 is 0.415 bits per heavy atom. The fourth-order valence-electron chi connectivity index (χ4n) is 21.8. The number of benzene rings is 4. The zero-order valence-electron chi connectivity index (χ0n) is 24.1. The molecule has 10 saturated heterocycles. The van der Waals surface area contributed by atoms with Crippen LogP contribution in [0.3, 0.4) is 0 Å². The molecule has 3 heteroatoms. The molecule has 10 heterocycles. The first-order valence-corrected chi connectivity index (χ1v) is 24.7. The summed E-state index contributed by atoms with van der Waals surface area (Å²) in [7, 11) is -0.619. The van der Waals surface area contributed by atoms with Crippen molar-refractivity contribution in [2.24, 2.45) is 0 Å². The van der Waals surface area contributed by atoms with Gasteiger partial charge in [0.15, 0.2) is 0 Å². The van der Waals surface area contributed by atoms with Gasteiger partial charge in [-0.3, -0.25) is 0 Å². The summed E-state index contributed by atoms with van der Waals surface area (Å²) in [6.07, 6.45) is 0. The van der Waals surface area contributed by atoms with Gasteiger partial charge in [-0.25, -0.2) is 0 Å². The Hall–Kier alpha value is -1.74. The van der Waals surface area contributed by atoms with Gasteiger partial charge in [0.25, 0.3) is 0 Å². The van der Waals surface area contributed by atoms with Gasteiger partial charge in [-0.15, -0.1) is 0 Å². The van der Waals surface area contributed by atoms with Crippen LogP contribution in [0.25, 0.3) is 0 Å². The van der Waals surface area contributed by atoms with E-state index in [4.69, 9.17) is 0 Å². The molecular weight excluding hydrogens is 574 g/mol. The minimum absolute atomic E-state index is 0.309. The van der Waals surface area contributed by atoms with E-state index in [1.807, 2.05) is 0 Å². The van der Waals surface area contributed by atoms with Crippen LogP contribution in [0.2, 0.25) is 38.5 Å². The molecule has 0 N–H and O–H groups in total. The van der Waals surface area contributed by atoms with Crippen molar-refractivity contribution in [2.45, 2.75) is 74.3 Å². The molecule has 14 rings (SSSR count). The first kappa shape index (κ1) is 21.0. The maximum atomic E-state index is 2.60. The van der Waals surface area contributed by atoms with Crippen LogP contribution >= 0.6 is 15.8 Å². The van der Waals surface area contributed by atoms with E-state index >= 15 is 0 Å². The summed E-state index contributed by atoms with van der Waals surface area (Å²) in [5.74, 6) is 0. The summed E-state index contributed by atoms with van der Waals surface area (Å²) in [5, 5.41) is 7.10. The van der Waals surface area contributed by atoms with Crippen molar-refractivity contribution in [1.29, 1.82) is 0 Å². The van der Waals surface area contributed by atoms with Crippen molar-refractivity contribution in [3.8, 4) is 0 Å². The van der Waals surface area contributed by atoms with Gasteiger partial charge in [-0.2, -0.15) is 0 Å². The molecule has 0 amide bonds. The van der Waals surface area contributed by atoms with E-state index in [1.54, 1.807) is 43.5 Å². The Morgan fingerprint density at radius 2 is 0.659 bits per heavy atom. The van der Waals surface area contributed by atoms with Gasteiger partial charge in [0.1, 0.15) is 0 Å². The summed E-state index contributed by atoms with van der Waals surface area (Å²) in [5.41, 5.74) is 6.30. The van der Waals surface area contributed by atoms with Gasteiger partial charge in [0.05, 0.1) is 0 Å². The fourth-order valence-corrected chi connectivity index (χ4v) is 127. The Labute approximate surface area is 236 Å². The molecule has 0 aliphatic carbocycles. The molecule has 0 nitrogen and oxygen atoms in total. The van der Waals surface area contributed by atoms with Crippen molar-refractivity contribution in [3.63, 3.8) is 0 Å². The van der Waals surface area contributed by atoms with Crippen molar-refractivity contribution in [1.82, 2.24) is 0 Å². The van der Waals surface area contributed by atoms with Gasteiger partial charge in [0, 0.05) is 0 Å². The number of rotatable bonds is 6. The summed E-state index contributed by atoms with van der Waals surface area (Å²) < 4.78 is 1.54.